The molecule has 0 heteroatoms. The lowest BCUT2D eigenvalue weighted by Crippen LogP contribution is -2.26. The number of benzene rings is 1. The molecule has 0 aromatic heterocycles. The second-order valence-electron chi connectivity index (χ2n) is 4.65. The summed E-state index contributed by atoms with van der Waals surface area (Å²) in [7, 11) is 0. The molecule has 0 saturated heterocycles. The van der Waals surface area contributed by atoms with Gasteiger partial charge in [0.25, 0.3) is 0 Å². The minimum Gasteiger partial charge on any atom is -0.0696 e. The summed E-state index contributed by atoms with van der Waals surface area (Å²) in [4.78, 5) is 0. The third-order valence-corrected chi connectivity index (χ3v) is 2.47. The SMILES string of the molecule is CC(C)(C)c1ccc2c(c1)=CC=C=C=2. The van der Waals surface area contributed by atoms with Gasteiger partial charge in [-0.25, -0.2) is 0 Å². The fourth-order valence-electron chi connectivity index (χ4n) is 1.53. The Morgan fingerprint density at radius 2 is 1.93 bits per heavy atom. The van der Waals surface area contributed by atoms with Crippen LogP contribution in [0.1, 0.15) is 26.3 Å². The summed E-state index contributed by atoms with van der Waals surface area (Å²) in [5, 5.41) is 2.39. The van der Waals surface area contributed by atoms with E-state index in [2.05, 4.69) is 56.5 Å². The van der Waals surface area contributed by atoms with Crippen LogP contribution in [0.4, 0.5) is 0 Å². The van der Waals surface area contributed by atoms with Crippen molar-refractivity contribution in [3.05, 3.63) is 46.0 Å². The quantitative estimate of drug-likeness (QED) is 0.537. The average Bonchev–Trinajstić information content (AvgIpc) is 2.16. The Kier molecular flexibility index (Phi) is 1.97. The fourth-order valence-corrected chi connectivity index (χ4v) is 1.53. The van der Waals surface area contributed by atoms with Crippen LogP contribution in [0.2, 0.25) is 0 Å². The van der Waals surface area contributed by atoms with Gasteiger partial charge in [-0.05, 0) is 40.5 Å². The summed E-state index contributed by atoms with van der Waals surface area (Å²) < 4.78 is 0. The van der Waals surface area contributed by atoms with Gasteiger partial charge < -0.3 is 0 Å². The van der Waals surface area contributed by atoms with Crippen LogP contribution in [-0.2, 0) is 5.41 Å². The van der Waals surface area contributed by atoms with Crippen molar-refractivity contribution in [2.45, 2.75) is 26.2 Å². The first-order valence-corrected chi connectivity index (χ1v) is 4.90. The summed E-state index contributed by atoms with van der Waals surface area (Å²) >= 11 is 0. The molecule has 2 rings (SSSR count). The third kappa shape index (κ3) is 1.59. The normalized spacial score (nSPS) is 13.1. The Balaban J connectivity index is 2.72. The number of hydrogen-bond donors (Lipinski definition) is 0. The van der Waals surface area contributed by atoms with Gasteiger partial charge in [0.15, 0.2) is 0 Å². The summed E-state index contributed by atoms with van der Waals surface area (Å²) in [6.07, 6.45) is 4.00. The molecule has 1 aliphatic carbocycles. The van der Waals surface area contributed by atoms with Gasteiger partial charge in [0.1, 0.15) is 0 Å². The molecule has 1 aromatic rings. The van der Waals surface area contributed by atoms with Crippen LogP contribution in [0, 0.1) is 0 Å². The highest BCUT2D eigenvalue weighted by Gasteiger charge is 2.12. The molecule has 0 aliphatic heterocycles. The molecule has 0 spiro atoms. The minimum absolute atomic E-state index is 0.216. The molecule has 14 heavy (non-hydrogen) atoms. The van der Waals surface area contributed by atoms with Gasteiger partial charge in [-0.15, -0.1) is 0 Å². The highest BCUT2D eigenvalue weighted by molar-refractivity contribution is 5.45. The molecule has 0 heterocycles. The topological polar surface area (TPSA) is 0 Å². The summed E-state index contributed by atoms with van der Waals surface area (Å²) in [6.45, 7) is 6.69. The summed E-state index contributed by atoms with van der Waals surface area (Å²) in [5.41, 5.74) is 7.65. The Bertz CT molecular complexity index is 541. The maximum Gasteiger partial charge on any atom is 0.0321 e. The number of hydrogen-bond acceptors (Lipinski definition) is 0. The van der Waals surface area contributed by atoms with Crippen molar-refractivity contribution in [1.82, 2.24) is 0 Å². The lowest BCUT2D eigenvalue weighted by Gasteiger charge is -2.18. The van der Waals surface area contributed by atoms with E-state index in [4.69, 9.17) is 0 Å². The predicted octanol–water partition coefficient (Wildman–Crippen LogP) is 1.87. The standard InChI is InChI=1S/C14H14/c1-14(2,3)13-9-8-11-6-4-5-7-12(11)10-13/h5,7-10H,1-3H3. The lowest BCUT2D eigenvalue weighted by molar-refractivity contribution is 0.589. The van der Waals surface area contributed by atoms with E-state index < -0.39 is 0 Å². The van der Waals surface area contributed by atoms with E-state index in [0.29, 0.717) is 0 Å². The van der Waals surface area contributed by atoms with Crippen molar-refractivity contribution in [2.75, 3.05) is 0 Å². The molecule has 0 N–H and O–H groups in total. The molecule has 0 radical (unpaired) electrons. The van der Waals surface area contributed by atoms with E-state index in [-0.39, 0.29) is 5.41 Å². The lowest BCUT2D eigenvalue weighted by atomic mass is 9.86. The molecule has 0 saturated carbocycles. The molecule has 0 amide bonds. The maximum atomic E-state index is 3.10. The molecule has 0 fully saturated rings. The van der Waals surface area contributed by atoms with Crippen molar-refractivity contribution >= 4 is 11.8 Å². The summed E-state index contributed by atoms with van der Waals surface area (Å²) in [5.74, 6) is 0. The van der Waals surface area contributed by atoms with E-state index >= 15 is 0 Å². The number of allylic oxidation sites excluding steroid dienone is 1. The molecule has 0 bridgehead atoms. The van der Waals surface area contributed by atoms with Gasteiger partial charge in [-0.1, -0.05) is 38.3 Å². The van der Waals surface area contributed by atoms with Crippen LogP contribution < -0.4 is 10.4 Å². The van der Waals surface area contributed by atoms with Gasteiger partial charge in [-0.3, -0.25) is 0 Å². The third-order valence-electron chi connectivity index (χ3n) is 2.47. The highest BCUT2D eigenvalue weighted by Crippen LogP contribution is 2.19. The zero-order valence-electron chi connectivity index (χ0n) is 8.89. The van der Waals surface area contributed by atoms with Crippen molar-refractivity contribution < 1.29 is 0 Å². The molecule has 1 aliphatic rings. The van der Waals surface area contributed by atoms with Crippen LogP contribution in [-0.4, -0.2) is 0 Å². The van der Waals surface area contributed by atoms with Crippen molar-refractivity contribution in [1.29, 1.82) is 0 Å². The van der Waals surface area contributed by atoms with Crippen molar-refractivity contribution in [3.8, 4) is 0 Å². The van der Waals surface area contributed by atoms with E-state index in [9.17, 15) is 0 Å². The zero-order valence-corrected chi connectivity index (χ0v) is 8.89. The Hall–Kier alpha value is -1.48. The van der Waals surface area contributed by atoms with E-state index in [1.807, 2.05) is 6.08 Å². The molecule has 0 atom stereocenters. The van der Waals surface area contributed by atoms with Gasteiger partial charge >= 0.3 is 0 Å². The first-order valence-electron chi connectivity index (χ1n) is 4.90. The van der Waals surface area contributed by atoms with Crippen molar-refractivity contribution in [2.24, 2.45) is 0 Å². The van der Waals surface area contributed by atoms with Crippen LogP contribution in [0.15, 0.2) is 30.0 Å². The molecule has 0 nitrogen and oxygen atoms in total. The predicted molar refractivity (Wildman–Crippen MR) is 60.3 cm³/mol. The van der Waals surface area contributed by atoms with E-state index in [1.165, 1.54) is 10.8 Å². The monoisotopic (exact) mass is 182 g/mol. The molecular formula is C14H14. The van der Waals surface area contributed by atoms with Crippen LogP contribution in [0.25, 0.3) is 11.8 Å². The van der Waals surface area contributed by atoms with Crippen molar-refractivity contribution in [3.63, 3.8) is 0 Å². The largest absolute Gasteiger partial charge is 0.0696 e. The maximum absolute atomic E-state index is 3.10. The zero-order chi connectivity index (χ0) is 10.2. The van der Waals surface area contributed by atoms with Crippen LogP contribution >= 0.6 is 0 Å². The average molecular weight is 182 g/mol. The minimum atomic E-state index is 0.216. The van der Waals surface area contributed by atoms with Gasteiger partial charge in [-0.2, -0.15) is 0 Å². The van der Waals surface area contributed by atoms with Crippen LogP contribution in [0.3, 0.4) is 0 Å². The fraction of sp³-hybridized carbons (Fsp3) is 0.286. The van der Waals surface area contributed by atoms with Crippen LogP contribution in [0.5, 0.6) is 0 Å². The van der Waals surface area contributed by atoms with E-state index in [0.717, 1.165) is 5.22 Å². The second-order valence-corrected chi connectivity index (χ2v) is 4.65. The van der Waals surface area contributed by atoms with E-state index in [1.54, 1.807) is 0 Å². The first kappa shape index (κ1) is 9.09. The number of fused-ring (bicyclic) bond motifs is 1. The molecular weight excluding hydrogens is 168 g/mol. The van der Waals surface area contributed by atoms with Gasteiger partial charge in [0.05, 0.1) is 0 Å². The van der Waals surface area contributed by atoms with Gasteiger partial charge in [0.2, 0.25) is 0 Å². The smallest absolute Gasteiger partial charge is 0.0321 e. The number of rotatable bonds is 0. The molecule has 1 aromatic carbocycles. The highest BCUT2D eigenvalue weighted by atomic mass is 14.2. The first-order chi connectivity index (χ1) is 6.57. The Morgan fingerprint density at radius 1 is 1.14 bits per heavy atom. The summed E-state index contributed by atoms with van der Waals surface area (Å²) in [6, 6.07) is 6.53. The molecule has 0 unspecified atom stereocenters. The Labute approximate surface area is 84.6 Å². The second kappa shape index (κ2) is 3.03. The molecule has 70 valence electrons. The van der Waals surface area contributed by atoms with Gasteiger partial charge in [0, 0.05) is 5.22 Å². The Morgan fingerprint density at radius 3 is 2.64 bits per heavy atom.